The molecule has 1 aromatic carbocycles. The number of carboxylic acids is 1. The van der Waals surface area contributed by atoms with Crippen molar-refractivity contribution in [3.05, 3.63) is 35.4 Å². The first-order valence-electron chi connectivity index (χ1n) is 6.03. The Labute approximate surface area is 107 Å². The zero-order chi connectivity index (χ0) is 13.8. The van der Waals surface area contributed by atoms with Gasteiger partial charge in [-0.3, -0.25) is 4.79 Å². The van der Waals surface area contributed by atoms with Crippen molar-refractivity contribution in [3.8, 4) is 0 Å². The van der Waals surface area contributed by atoms with E-state index < -0.39 is 11.6 Å². The van der Waals surface area contributed by atoms with Crippen molar-refractivity contribution in [1.82, 2.24) is 0 Å². The van der Waals surface area contributed by atoms with Crippen LogP contribution in [0.3, 0.4) is 0 Å². The Morgan fingerprint density at radius 2 is 2.06 bits per heavy atom. The largest absolute Gasteiger partial charge is 0.481 e. The molecular weight excluding hydrogens is 233 g/mol. The third-order valence-electron chi connectivity index (χ3n) is 2.73. The van der Waals surface area contributed by atoms with Crippen LogP contribution in [-0.4, -0.2) is 16.7 Å². The maximum atomic E-state index is 13.7. The number of hydrogen-bond acceptors (Lipinski definition) is 2. The van der Waals surface area contributed by atoms with Gasteiger partial charge in [-0.05, 0) is 31.4 Å². The second-order valence-electron chi connectivity index (χ2n) is 5.13. The number of nitrogens with two attached hydrogens (primary N) is 1. The summed E-state index contributed by atoms with van der Waals surface area (Å²) in [5.74, 6) is -0.867. The molecule has 0 heterocycles. The molecule has 0 bridgehead atoms. The molecule has 3 nitrogen and oxygen atoms in total. The zero-order valence-corrected chi connectivity index (χ0v) is 10.8. The summed E-state index contributed by atoms with van der Waals surface area (Å²) in [7, 11) is 0. The maximum absolute atomic E-state index is 13.7. The summed E-state index contributed by atoms with van der Waals surface area (Å²) >= 11 is 0. The average molecular weight is 253 g/mol. The SMILES string of the molecule is CC(C)(F)Cc1ccccc1C(N)CCC(=O)O. The van der Waals surface area contributed by atoms with E-state index in [1.807, 2.05) is 24.3 Å². The second-order valence-corrected chi connectivity index (χ2v) is 5.13. The number of carbonyl (C=O) groups is 1. The van der Waals surface area contributed by atoms with E-state index in [1.54, 1.807) is 0 Å². The van der Waals surface area contributed by atoms with Gasteiger partial charge >= 0.3 is 5.97 Å². The molecule has 1 atom stereocenters. The first kappa shape index (κ1) is 14.6. The van der Waals surface area contributed by atoms with Gasteiger partial charge in [0.2, 0.25) is 0 Å². The van der Waals surface area contributed by atoms with E-state index in [2.05, 4.69) is 0 Å². The van der Waals surface area contributed by atoms with Crippen LogP contribution in [0.15, 0.2) is 24.3 Å². The van der Waals surface area contributed by atoms with Crippen LogP contribution in [0.25, 0.3) is 0 Å². The van der Waals surface area contributed by atoms with E-state index in [-0.39, 0.29) is 18.9 Å². The molecule has 0 amide bonds. The lowest BCUT2D eigenvalue weighted by molar-refractivity contribution is -0.137. The highest BCUT2D eigenvalue weighted by Gasteiger charge is 2.20. The van der Waals surface area contributed by atoms with Crippen LogP contribution in [0.5, 0.6) is 0 Å². The van der Waals surface area contributed by atoms with Crippen LogP contribution < -0.4 is 5.73 Å². The first-order valence-corrected chi connectivity index (χ1v) is 6.03. The monoisotopic (exact) mass is 253 g/mol. The van der Waals surface area contributed by atoms with Crippen molar-refractivity contribution in [2.75, 3.05) is 0 Å². The Bertz CT molecular complexity index is 413. The lowest BCUT2D eigenvalue weighted by atomic mass is 9.91. The van der Waals surface area contributed by atoms with Crippen molar-refractivity contribution >= 4 is 5.97 Å². The standard InChI is InChI=1S/C14H20FNO2/c1-14(2,15)9-10-5-3-4-6-11(10)12(16)7-8-13(17)18/h3-6,12H,7-9,16H2,1-2H3,(H,17,18). The van der Waals surface area contributed by atoms with Crippen molar-refractivity contribution in [1.29, 1.82) is 0 Å². The molecule has 0 fully saturated rings. The fraction of sp³-hybridized carbons (Fsp3) is 0.500. The zero-order valence-electron chi connectivity index (χ0n) is 10.8. The molecule has 0 saturated heterocycles. The van der Waals surface area contributed by atoms with E-state index in [0.717, 1.165) is 11.1 Å². The van der Waals surface area contributed by atoms with Crippen LogP contribution in [0.4, 0.5) is 4.39 Å². The highest BCUT2D eigenvalue weighted by molar-refractivity contribution is 5.66. The van der Waals surface area contributed by atoms with Gasteiger partial charge in [0.1, 0.15) is 5.67 Å². The van der Waals surface area contributed by atoms with Crippen LogP contribution in [-0.2, 0) is 11.2 Å². The average Bonchev–Trinajstić information content (AvgIpc) is 2.24. The van der Waals surface area contributed by atoms with E-state index in [1.165, 1.54) is 13.8 Å². The molecule has 0 spiro atoms. The minimum Gasteiger partial charge on any atom is -0.481 e. The van der Waals surface area contributed by atoms with Gasteiger partial charge in [-0.2, -0.15) is 0 Å². The Kier molecular flexibility index (Phi) is 4.84. The molecule has 0 aliphatic rings. The summed E-state index contributed by atoms with van der Waals surface area (Å²) in [5, 5.41) is 8.65. The number of aliphatic carboxylic acids is 1. The number of alkyl halides is 1. The number of rotatable bonds is 6. The Balaban J connectivity index is 2.84. The van der Waals surface area contributed by atoms with Crippen molar-refractivity contribution < 1.29 is 14.3 Å². The highest BCUT2D eigenvalue weighted by atomic mass is 19.1. The molecule has 0 aliphatic heterocycles. The van der Waals surface area contributed by atoms with Crippen LogP contribution in [0.2, 0.25) is 0 Å². The van der Waals surface area contributed by atoms with E-state index >= 15 is 0 Å². The number of hydrogen-bond donors (Lipinski definition) is 2. The van der Waals surface area contributed by atoms with Crippen LogP contribution in [0, 0.1) is 0 Å². The van der Waals surface area contributed by atoms with Gasteiger partial charge in [-0.1, -0.05) is 24.3 Å². The first-order chi connectivity index (χ1) is 8.29. The molecule has 100 valence electrons. The van der Waals surface area contributed by atoms with Gasteiger partial charge < -0.3 is 10.8 Å². The molecule has 0 aliphatic carbocycles. The summed E-state index contributed by atoms with van der Waals surface area (Å²) in [6.07, 6.45) is 0.664. The van der Waals surface area contributed by atoms with Crippen molar-refractivity contribution in [2.24, 2.45) is 5.73 Å². The van der Waals surface area contributed by atoms with E-state index in [4.69, 9.17) is 10.8 Å². The summed E-state index contributed by atoms with van der Waals surface area (Å²) in [4.78, 5) is 10.5. The normalized spacial score (nSPS) is 13.3. The summed E-state index contributed by atoms with van der Waals surface area (Å²) < 4.78 is 13.7. The van der Waals surface area contributed by atoms with Gasteiger partial charge in [0, 0.05) is 18.9 Å². The van der Waals surface area contributed by atoms with Crippen molar-refractivity contribution in [3.63, 3.8) is 0 Å². The predicted molar refractivity (Wildman–Crippen MR) is 69.1 cm³/mol. The smallest absolute Gasteiger partial charge is 0.303 e. The Morgan fingerprint density at radius 1 is 1.44 bits per heavy atom. The second kappa shape index (κ2) is 5.96. The van der Waals surface area contributed by atoms with E-state index in [9.17, 15) is 9.18 Å². The minimum atomic E-state index is -1.30. The van der Waals surface area contributed by atoms with Crippen molar-refractivity contribution in [2.45, 2.75) is 44.8 Å². The van der Waals surface area contributed by atoms with Gasteiger partial charge in [-0.25, -0.2) is 4.39 Å². The fourth-order valence-corrected chi connectivity index (χ4v) is 1.94. The van der Waals surface area contributed by atoms with E-state index in [0.29, 0.717) is 6.42 Å². The van der Waals surface area contributed by atoms with Gasteiger partial charge in [0.05, 0.1) is 0 Å². The molecule has 0 saturated carbocycles. The third kappa shape index (κ3) is 4.84. The van der Waals surface area contributed by atoms with Crippen LogP contribution in [0.1, 0.15) is 43.9 Å². The summed E-state index contributed by atoms with van der Waals surface area (Å²) in [6.45, 7) is 3.04. The molecule has 4 heteroatoms. The molecule has 0 radical (unpaired) electrons. The fourth-order valence-electron chi connectivity index (χ4n) is 1.94. The molecule has 1 unspecified atom stereocenters. The molecule has 0 aromatic heterocycles. The Morgan fingerprint density at radius 3 is 2.61 bits per heavy atom. The van der Waals surface area contributed by atoms with Gasteiger partial charge in [0.25, 0.3) is 0 Å². The summed E-state index contributed by atoms with van der Waals surface area (Å²) in [5.41, 5.74) is 6.36. The van der Waals surface area contributed by atoms with Gasteiger partial charge in [-0.15, -0.1) is 0 Å². The molecule has 3 N–H and O–H groups in total. The minimum absolute atomic E-state index is 0.0223. The lowest BCUT2D eigenvalue weighted by Crippen LogP contribution is -2.20. The highest BCUT2D eigenvalue weighted by Crippen LogP contribution is 2.25. The van der Waals surface area contributed by atoms with Crippen LogP contribution >= 0.6 is 0 Å². The topological polar surface area (TPSA) is 63.3 Å². The lowest BCUT2D eigenvalue weighted by Gasteiger charge is -2.20. The molecule has 1 aromatic rings. The predicted octanol–water partition coefficient (Wildman–Crippen LogP) is 2.84. The number of benzene rings is 1. The molecule has 1 rings (SSSR count). The maximum Gasteiger partial charge on any atom is 0.303 e. The Hall–Kier alpha value is -1.42. The molecular formula is C14H20FNO2. The van der Waals surface area contributed by atoms with Gasteiger partial charge in [0.15, 0.2) is 0 Å². The third-order valence-corrected chi connectivity index (χ3v) is 2.73. The molecule has 18 heavy (non-hydrogen) atoms. The summed E-state index contributed by atoms with van der Waals surface area (Å²) in [6, 6.07) is 7.00. The number of carboxylic acid groups (broad SMARTS) is 1. The quantitative estimate of drug-likeness (QED) is 0.819. The number of halogens is 1.